The molecule has 1 unspecified atom stereocenters. The maximum atomic E-state index is 2.50. The Morgan fingerprint density at radius 2 is 1.61 bits per heavy atom. The standard InChI is InChI=1S/C20H23NS.ClH/c1-21-12-6-7-15(14-21)13-18-16-8-2-4-10-19(16)22-20-11-5-3-9-17(18)20;/h2-5,8-11,15,18H,6-7,12-14H2,1H3;1H. The number of hydrogen-bond acceptors (Lipinski definition) is 2. The Kier molecular flexibility index (Phi) is 5.35. The summed E-state index contributed by atoms with van der Waals surface area (Å²) in [5, 5.41) is 0. The highest BCUT2D eigenvalue weighted by Gasteiger charge is 2.29. The lowest BCUT2D eigenvalue weighted by Gasteiger charge is -2.35. The van der Waals surface area contributed by atoms with Crippen LogP contribution in [-0.2, 0) is 0 Å². The highest BCUT2D eigenvalue weighted by atomic mass is 35.5. The quantitative estimate of drug-likeness (QED) is 0.713. The Morgan fingerprint density at radius 1 is 1.00 bits per heavy atom. The molecule has 0 bridgehead atoms. The maximum Gasteiger partial charge on any atom is 0.0160 e. The lowest BCUT2D eigenvalue weighted by molar-refractivity contribution is 0.197. The van der Waals surface area contributed by atoms with Crippen molar-refractivity contribution in [1.29, 1.82) is 0 Å². The third kappa shape index (κ3) is 3.45. The number of halogens is 1. The van der Waals surface area contributed by atoms with Gasteiger partial charge in [-0.1, -0.05) is 48.2 Å². The molecule has 2 aliphatic heterocycles. The molecule has 3 heteroatoms. The summed E-state index contributed by atoms with van der Waals surface area (Å²) in [5.74, 6) is 1.40. The minimum Gasteiger partial charge on any atom is -0.306 e. The molecule has 23 heavy (non-hydrogen) atoms. The van der Waals surface area contributed by atoms with Crippen molar-refractivity contribution in [2.75, 3.05) is 20.1 Å². The van der Waals surface area contributed by atoms with E-state index >= 15 is 0 Å². The molecule has 1 saturated heterocycles. The summed E-state index contributed by atoms with van der Waals surface area (Å²) in [6.07, 6.45) is 4.03. The van der Waals surface area contributed by atoms with Crippen molar-refractivity contribution >= 4 is 24.2 Å². The van der Waals surface area contributed by atoms with E-state index in [4.69, 9.17) is 0 Å². The van der Waals surface area contributed by atoms with E-state index in [1.165, 1.54) is 42.1 Å². The second-order valence-corrected chi connectivity index (χ2v) is 7.82. The van der Waals surface area contributed by atoms with Crippen LogP contribution in [0, 0.1) is 5.92 Å². The molecule has 2 aromatic carbocycles. The molecule has 122 valence electrons. The molecule has 0 radical (unpaired) electrons. The first-order chi connectivity index (χ1) is 10.8. The summed E-state index contributed by atoms with van der Waals surface area (Å²) in [6.45, 7) is 2.53. The summed E-state index contributed by atoms with van der Waals surface area (Å²) in [5.41, 5.74) is 3.08. The predicted molar refractivity (Wildman–Crippen MR) is 101 cm³/mol. The monoisotopic (exact) mass is 345 g/mol. The van der Waals surface area contributed by atoms with Crippen LogP contribution in [0.25, 0.3) is 0 Å². The van der Waals surface area contributed by atoms with Crippen molar-refractivity contribution in [3.05, 3.63) is 59.7 Å². The minimum atomic E-state index is 0. The van der Waals surface area contributed by atoms with E-state index in [1.807, 2.05) is 11.8 Å². The van der Waals surface area contributed by atoms with Gasteiger partial charge in [0, 0.05) is 22.3 Å². The molecule has 1 nitrogen and oxygen atoms in total. The van der Waals surface area contributed by atoms with E-state index in [-0.39, 0.29) is 12.4 Å². The fourth-order valence-electron chi connectivity index (χ4n) is 4.06. The molecule has 1 fully saturated rings. The van der Waals surface area contributed by atoms with Crippen molar-refractivity contribution in [1.82, 2.24) is 4.90 Å². The maximum absolute atomic E-state index is 2.50. The zero-order valence-electron chi connectivity index (χ0n) is 13.6. The first-order valence-electron chi connectivity index (χ1n) is 8.35. The number of hydrogen-bond donors (Lipinski definition) is 0. The van der Waals surface area contributed by atoms with Gasteiger partial charge in [0.1, 0.15) is 0 Å². The van der Waals surface area contributed by atoms with Crippen LogP contribution < -0.4 is 0 Å². The summed E-state index contributed by atoms with van der Waals surface area (Å²) < 4.78 is 0. The van der Waals surface area contributed by atoms with Crippen LogP contribution in [0.3, 0.4) is 0 Å². The molecule has 4 rings (SSSR count). The molecule has 0 spiro atoms. The number of rotatable bonds is 2. The first-order valence-corrected chi connectivity index (χ1v) is 9.17. The Bertz CT molecular complexity index is 627. The summed E-state index contributed by atoms with van der Waals surface area (Å²) in [4.78, 5) is 5.41. The van der Waals surface area contributed by atoms with Crippen LogP contribution >= 0.6 is 24.2 Å². The molecule has 2 aromatic rings. The smallest absolute Gasteiger partial charge is 0.0160 e. The SMILES string of the molecule is CN1CCCC(CC2c3ccccc3Sc3ccccc32)C1.Cl. The van der Waals surface area contributed by atoms with E-state index in [2.05, 4.69) is 60.5 Å². The summed E-state index contributed by atoms with van der Waals surface area (Å²) in [7, 11) is 2.27. The van der Waals surface area contributed by atoms with Crippen molar-refractivity contribution in [2.45, 2.75) is 35.0 Å². The highest BCUT2D eigenvalue weighted by Crippen LogP contribution is 2.48. The van der Waals surface area contributed by atoms with Gasteiger partial charge in [-0.2, -0.15) is 0 Å². The summed E-state index contributed by atoms with van der Waals surface area (Å²) >= 11 is 1.94. The average molecular weight is 346 g/mol. The van der Waals surface area contributed by atoms with Gasteiger partial charge in [0.15, 0.2) is 0 Å². The van der Waals surface area contributed by atoms with E-state index < -0.39 is 0 Å². The lowest BCUT2D eigenvalue weighted by Crippen LogP contribution is -2.33. The van der Waals surface area contributed by atoms with Gasteiger partial charge < -0.3 is 4.90 Å². The second-order valence-electron chi connectivity index (χ2n) is 6.74. The fourth-order valence-corrected chi connectivity index (χ4v) is 5.25. The van der Waals surface area contributed by atoms with Crippen LogP contribution in [0.15, 0.2) is 58.3 Å². The van der Waals surface area contributed by atoms with Gasteiger partial charge in [0.25, 0.3) is 0 Å². The van der Waals surface area contributed by atoms with Crippen molar-refractivity contribution in [2.24, 2.45) is 5.92 Å². The van der Waals surface area contributed by atoms with E-state index in [9.17, 15) is 0 Å². The topological polar surface area (TPSA) is 3.24 Å². The van der Waals surface area contributed by atoms with Gasteiger partial charge in [-0.25, -0.2) is 0 Å². The zero-order valence-corrected chi connectivity index (χ0v) is 15.2. The van der Waals surface area contributed by atoms with Crippen molar-refractivity contribution in [3.63, 3.8) is 0 Å². The van der Waals surface area contributed by atoms with Crippen LogP contribution in [-0.4, -0.2) is 25.0 Å². The molecule has 0 N–H and O–H groups in total. The molecule has 1 atom stereocenters. The number of benzene rings is 2. The number of likely N-dealkylation sites (tertiary alicyclic amines) is 1. The fraction of sp³-hybridized carbons (Fsp3) is 0.400. The number of piperidine rings is 1. The molecule has 2 heterocycles. The van der Waals surface area contributed by atoms with Gasteiger partial charge in [0.2, 0.25) is 0 Å². The molecular formula is C20H24ClNS. The largest absolute Gasteiger partial charge is 0.306 e. The highest BCUT2D eigenvalue weighted by molar-refractivity contribution is 7.99. The first kappa shape index (κ1) is 16.9. The Hall–Kier alpha value is -0.960. The van der Waals surface area contributed by atoms with Crippen molar-refractivity contribution in [3.8, 4) is 0 Å². The van der Waals surface area contributed by atoms with Crippen LogP contribution in [0.2, 0.25) is 0 Å². The van der Waals surface area contributed by atoms with E-state index in [1.54, 1.807) is 11.1 Å². The van der Waals surface area contributed by atoms with Crippen molar-refractivity contribution < 1.29 is 0 Å². The lowest BCUT2D eigenvalue weighted by atomic mass is 9.80. The van der Waals surface area contributed by atoms with E-state index in [0.29, 0.717) is 5.92 Å². The molecule has 0 amide bonds. The van der Waals surface area contributed by atoms with Crippen LogP contribution in [0.5, 0.6) is 0 Å². The molecule has 0 aliphatic carbocycles. The Morgan fingerprint density at radius 3 is 2.22 bits per heavy atom. The number of nitrogens with zero attached hydrogens (tertiary/aromatic N) is 1. The third-order valence-electron chi connectivity index (χ3n) is 5.10. The number of fused-ring (bicyclic) bond motifs is 2. The van der Waals surface area contributed by atoms with Crippen LogP contribution in [0.1, 0.15) is 36.3 Å². The Balaban J connectivity index is 0.00000156. The van der Waals surface area contributed by atoms with Gasteiger partial charge in [-0.3, -0.25) is 0 Å². The van der Waals surface area contributed by atoms with Gasteiger partial charge in [0.05, 0.1) is 0 Å². The van der Waals surface area contributed by atoms with E-state index in [0.717, 1.165) is 5.92 Å². The normalized spacial score (nSPS) is 21.2. The average Bonchev–Trinajstić information content (AvgIpc) is 2.55. The van der Waals surface area contributed by atoms with Gasteiger partial charge >= 0.3 is 0 Å². The molecular weight excluding hydrogens is 322 g/mol. The zero-order chi connectivity index (χ0) is 14.9. The summed E-state index contributed by atoms with van der Waals surface area (Å²) in [6, 6.07) is 18.0. The van der Waals surface area contributed by atoms with Gasteiger partial charge in [-0.05, 0) is 62.0 Å². The molecule has 2 aliphatic rings. The molecule has 0 aromatic heterocycles. The minimum absolute atomic E-state index is 0. The van der Waals surface area contributed by atoms with Gasteiger partial charge in [-0.15, -0.1) is 12.4 Å². The van der Waals surface area contributed by atoms with Crippen LogP contribution in [0.4, 0.5) is 0 Å². The predicted octanol–water partition coefficient (Wildman–Crippen LogP) is 5.44. The molecule has 0 saturated carbocycles. The Labute approximate surface area is 149 Å². The second kappa shape index (κ2) is 7.29. The third-order valence-corrected chi connectivity index (χ3v) is 6.28.